The molecule has 0 radical (unpaired) electrons. The van der Waals surface area contributed by atoms with Crippen LogP contribution in [0, 0.1) is 28.6 Å². The van der Waals surface area contributed by atoms with Gasteiger partial charge in [0.2, 0.25) is 0 Å². The van der Waals surface area contributed by atoms with Crippen LogP contribution in [0.25, 0.3) is 0 Å². The molecule has 0 amide bonds. The predicted molar refractivity (Wildman–Crippen MR) is 159 cm³/mol. The number of allylic oxidation sites excluding steroid dienone is 1. The van der Waals surface area contributed by atoms with E-state index in [4.69, 9.17) is 23.2 Å². The monoisotopic (exact) mass is 593 g/mol. The van der Waals surface area contributed by atoms with Crippen LogP contribution < -0.4 is 4.90 Å². The minimum atomic E-state index is -1.44. The normalized spacial score (nSPS) is 37.5. The predicted octanol–water partition coefficient (Wildman–Crippen LogP) is 5.87. The fraction of sp³-hybridized carbons (Fsp3) is 0.677. The van der Waals surface area contributed by atoms with Gasteiger partial charge in [0.25, 0.3) is 0 Å². The van der Waals surface area contributed by atoms with Crippen molar-refractivity contribution in [3.63, 3.8) is 0 Å². The smallest absolute Gasteiger partial charge is 0.175 e. The molecule has 5 rings (SSSR count). The van der Waals surface area contributed by atoms with Gasteiger partial charge in [-0.2, -0.15) is 0 Å². The van der Waals surface area contributed by atoms with Crippen LogP contribution in [0.1, 0.15) is 58.8 Å². The highest BCUT2D eigenvalue weighted by molar-refractivity contribution is 8.00. The fourth-order valence-electron chi connectivity index (χ4n) is 8.75. The molecule has 1 aromatic rings. The number of alkyl halides is 2. The molecule has 3 saturated carbocycles. The summed E-state index contributed by atoms with van der Waals surface area (Å²) in [6, 6.07) is 8.06. The lowest BCUT2D eigenvalue weighted by Crippen LogP contribution is -2.61. The first kappa shape index (κ1) is 29.4. The largest absolute Gasteiger partial charge is 0.393 e. The lowest BCUT2D eigenvalue weighted by atomic mass is 9.45. The van der Waals surface area contributed by atoms with Gasteiger partial charge in [0.15, 0.2) is 11.6 Å². The molecule has 1 aromatic carbocycles. The minimum Gasteiger partial charge on any atom is -0.393 e. The first-order valence-corrected chi connectivity index (χ1v) is 16.4. The van der Waals surface area contributed by atoms with Crippen LogP contribution in [-0.4, -0.2) is 64.1 Å². The number of thioether (sulfide) groups is 1. The summed E-state index contributed by atoms with van der Waals surface area (Å²) in [5.74, 6) is 1.82. The number of aliphatic hydroxyl groups is 2. The second-order valence-corrected chi connectivity index (χ2v) is 14.4. The van der Waals surface area contributed by atoms with Crippen molar-refractivity contribution in [3.8, 4) is 0 Å². The third-order valence-corrected chi connectivity index (χ3v) is 12.1. The van der Waals surface area contributed by atoms with E-state index in [2.05, 4.69) is 11.8 Å². The van der Waals surface area contributed by atoms with Crippen molar-refractivity contribution in [2.75, 3.05) is 35.5 Å². The molecule has 214 valence electrons. The van der Waals surface area contributed by atoms with Crippen LogP contribution >= 0.6 is 35.0 Å². The Hall–Kier alpha value is -1.05. The van der Waals surface area contributed by atoms with Crippen molar-refractivity contribution in [2.24, 2.45) is 28.6 Å². The molecule has 0 spiro atoms. The number of halogens is 2. The number of hydrogen-bond acceptors (Lipinski definition) is 6. The van der Waals surface area contributed by atoms with Gasteiger partial charge in [0.1, 0.15) is 5.60 Å². The van der Waals surface area contributed by atoms with E-state index in [0.29, 0.717) is 44.1 Å². The Labute approximate surface area is 246 Å². The van der Waals surface area contributed by atoms with Crippen LogP contribution in [0.15, 0.2) is 40.8 Å². The third-order valence-electron chi connectivity index (χ3n) is 10.8. The van der Waals surface area contributed by atoms with Gasteiger partial charge in [-0.15, -0.1) is 35.0 Å². The topological polar surface area (TPSA) is 77.8 Å². The van der Waals surface area contributed by atoms with E-state index in [-0.39, 0.29) is 40.5 Å². The SMILES string of the molecule is C[C@]12CCC(=O)C=C1CC[C@@H]1[C@@H]2[C@@H](O)C[C@@]2(C)[C@H]1CC[C@@]2(O)C(=O)CSc1ccc(N(CCCl)CCCl)cc1. The first-order valence-electron chi connectivity index (χ1n) is 14.3. The van der Waals surface area contributed by atoms with E-state index in [1.165, 1.54) is 17.3 Å². The van der Waals surface area contributed by atoms with Gasteiger partial charge in [-0.1, -0.05) is 19.4 Å². The maximum atomic E-state index is 13.7. The number of anilines is 1. The average molecular weight is 595 g/mol. The number of aliphatic hydroxyl groups excluding tert-OH is 1. The minimum absolute atomic E-state index is 0.0752. The van der Waals surface area contributed by atoms with Crippen molar-refractivity contribution in [3.05, 3.63) is 35.9 Å². The maximum absolute atomic E-state index is 13.7. The molecule has 2 N–H and O–H groups in total. The molecule has 0 aromatic heterocycles. The Bertz CT molecular complexity index is 1120. The highest BCUT2D eigenvalue weighted by Gasteiger charge is 2.68. The molecule has 0 bridgehead atoms. The third kappa shape index (κ3) is 5.01. The fourth-order valence-corrected chi connectivity index (χ4v) is 10.0. The number of rotatable bonds is 9. The molecule has 4 aliphatic carbocycles. The summed E-state index contributed by atoms with van der Waals surface area (Å²) in [4.78, 5) is 29.0. The second-order valence-electron chi connectivity index (χ2n) is 12.5. The highest BCUT2D eigenvalue weighted by Crippen LogP contribution is 2.67. The summed E-state index contributed by atoms with van der Waals surface area (Å²) in [6.07, 6.45) is 6.02. The van der Waals surface area contributed by atoms with Crippen LogP contribution in [0.3, 0.4) is 0 Å². The zero-order chi connectivity index (χ0) is 28.0. The van der Waals surface area contributed by atoms with E-state index >= 15 is 0 Å². The van der Waals surface area contributed by atoms with E-state index in [0.717, 1.165) is 36.3 Å². The first-order chi connectivity index (χ1) is 18.6. The molecule has 0 saturated heterocycles. The van der Waals surface area contributed by atoms with Gasteiger partial charge >= 0.3 is 0 Å². The van der Waals surface area contributed by atoms with Crippen molar-refractivity contribution in [1.29, 1.82) is 0 Å². The Morgan fingerprint density at radius 1 is 1.08 bits per heavy atom. The van der Waals surface area contributed by atoms with Crippen LogP contribution in [0.2, 0.25) is 0 Å². The number of benzene rings is 1. The van der Waals surface area contributed by atoms with Crippen molar-refractivity contribution in [2.45, 2.75) is 75.4 Å². The Balaban J connectivity index is 1.29. The lowest BCUT2D eigenvalue weighted by molar-refractivity contribution is -0.178. The Morgan fingerprint density at radius 3 is 2.44 bits per heavy atom. The summed E-state index contributed by atoms with van der Waals surface area (Å²) in [6.45, 7) is 5.71. The summed E-state index contributed by atoms with van der Waals surface area (Å²) in [5.41, 5.74) is -0.0197. The number of carbonyl (C=O) groups is 2. The Morgan fingerprint density at radius 2 is 1.77 bits per heavy atom. The molecule has 5 nitrogen and oxygen atoms in total. The van der Waals surface area contributed by atoms with Crippen LogP contribution in [-0.2, 0) is 9.59 Å². The molecular formula is C31H41Cl2NO4S. The highest BCUT2D eigenvalue weighted by atomic mass is 35.5. The molecule has 0 heterocycles. The summed E-state index contributed by atoms with van der Waals surface area (Å²) in [5, 5.41) is 23.6. The van der Waals surface area contributed by atoms with Gasteiger partial charge in [0, 0.05) is 47.3 Å². The summed E-state index contributed by atoms with van der Waals surface area (Å²) < 4.78 is 0. The molecular weight excluding hydrogens is 553 g/mol. The van der Waals surface area contributed by atoms with E-state index in [1.54, 1.807) is 0 Å². The van der Waals surface area contributed by atoms with Crippen molar-refractivity contribution in [1.82, 2.24) is 0 Å². The average Bonchev–Trinajstić information content (AvgIpc) is 3.18. The van der Waals surface area contributed by atoms with E-state index in [1.807, 2.05) is 37.3 Å². The number of carbonyl (C=O) groups excluding carboxylic acids is 2. The van der Waals surface area contributed by atoms with Gasteiger partial charge in [0.05, 0.1) is 11.9 Å². The summed E-state index contributed by atoms with van der Waals surface area (Å²) in [7, 11) is 0. The lowest BCUT2D eigenvalue weighted by Gasteiger charge is -2.60. The number of Topliss-reactive ketones (excluding diaryl/α,β-unsaturated/α-hetero) is 1. The molecule has 4 aliphatic rings. The maximum Gasteiger partial charge on any atom is 0.175 e. The van der Waals surface area contributed by atoms with Gasteiger partial charge in [-0.3, -0.25) is 9.59 Å². The molecule has 8 heteroatoms. The van der Waals surface area contributed by atoms with Crippen molar-refractivity contribution < 1.29 is 19.8 Å². The summed E-state index contributed by atoms with van der Waals surface area (Å²) >= 11 is 13.3. The zero-order valence-corrected chi connectivity index (χ0v) is 25.3. The molecule has 3 fully saturated rings. The number of hydrogen-bond donors (Lipinski definition) is 2. The van der Waals surface area contributed by atoms with Crippen LogP contribution in [0.4, 0.5) is 5.69 Å². The zero-order valence-electron chi connectivity index (χ0n) is 23.0. The van der Waals surface area contributed by atoms with Gasteiger partial charge < -0.3 is 15.1 Å². The number of ketones is 2. The van der Waals surface area contributed by atoms with Gasteiger partial charge in [-0.05, 0) is 92.0 Å². The number of nitrogens with zero attached hydrogens (tertiary/aromatic N) is 1. The van der Waals surface area contributed by atoms with E-state index in [9.17, 15) is 19.8 Å². The van der Waals surface area contributed by atoms with Crippen molar-refractivity contribution >= 4 is 52.2 Å². The van der Waals surface area contributed by atoms with Crippen LogP contribution in [0.5, 0.6) is 0 Å². The second kappa shape index (κ2) is 11.3. The molecule has 0 aliphatic heterocycles. The van der Waals surface area contributed by atoms with E-state index < -0.39 is 17.1 Å². The number of fused-ring (bicyclic) bond motifs is 5. The Kier molecular flexibility index (Phi) is 8.55. The molecule has 39 heavy (non-hydrogen) atoms. The quantitative estimate of drug-likeness (QED) is 0.275. The molecule has 7 atom stereocenters. The van der Waals surface area contributed by atoms with Gasteiger partial charge in [-0.25, -0.2) is 0 Å². The standard InChI is InChI=1S/C31H41Cl2NO4S/c1-29-11-9-22(35)17-20(29)3-8-24-25-10-12-31(38,30(25,2)18-26(36)28(24)29)27(37)19-39-23-6-4-21(5-7-23)34(15-13-32)16-14-33/h4-7,17,24-26,28,36,38H,3,8-16,18-19H2,1-2H3/t24-,25-,26-,28+,29-,30-,31+/m0/s1. The molecule has 0 unspecified atom stereocenters.